The first-order chi connectivity index (χ1) is 27.5. The van der Waals surface area contributed by atoms with E-state index in [0.29, 0.717) is 5.84 Å². The van der Waals surface area contributed by atoms with Crippen LogP contribution in [0.15, 0.2) is 192 Å². The quantitative estimate of drug-likeness (QED) is 0.189. The van der Waals surface area contributed by atoms with E-state index in [0.717, 1.165) is 33.8 Å². The number of nitrogens with one attached hydrogen (secondary N) is 1. The Morgan fingerprint density at radius 1 is 0.500 bits per heavy atom. The van der Waals surface area contributed by atoms with E-state index in [1.165, 1.54) is 60.4 Å². The minimum Gasteiger partial charge on any atom is -0.344 e. The van der Waals surface area contributed by atoms with Gasteiger partial charge in [0.2, 0.25) is 0 Å². The first kappa shape index (κ1) is 32.4. The second-order valence-corrected chi connectivity index (χ2v) is 15.5. The first-order valence-electron chi connectivity index (χ1n) is 19.4. The lowest BCUT2D eigenvalue weighted by Gasteiger charge is -2.24. The highest BCUT2D eigenvalue weighted by atomic mass is 15.2. The van der Waals surface area contributed by atoms with Crippen LogP contribution in [0, 0.1) is 0 Å². The standard InChI is InChI=1S/C52H38N4/c1-52(2)45-26-13-11-23-41(45)43-31-44-42-24-12-14-27-47(42)56(48(44)32-46(43)52)38-29-36(40-25-15-21-33-16-9-10-22-39(33)40)28-37(30-38)51-54-49(34-17-5-3-6-18-34)53-50(55-51)35-19-7-4-8-20-35/h3-32,49H,1-2H3,(H,53,54,55). The predicted octanol–water partition coefficient (Wildman–Crippen LogP) is 12.4. The number of para-hydroxylation sites is 1. The molecule has 1 atom stereocenters. The minimum atomic E-state index is -0.303. The molecule has 0 amide bonds. The van der Waals surface area contributed by atoms with Gasteiger partial charge in [-0.2, -0.15) is 0 Å². The molecule has 266 valence electrons. The van der Waals surface area contributed by atoms with Crippen LogP contribution in [-0.4, -0.2) is 16.2 Å². The highest BCUT2D eigenvalue weighted by Gasteiger charge is 2.36. The fraction of sp³-hybridized carbons (Fsp3) is 0.0769. The van der Waals surface area contributed by atoms with E-state index in [2.05, 4.69) is 181 Å². The summed E-state index contributed by atoms with van der Waals surface area (Å²) >= 11 is 0. The summed E-state index contributed by atoms with van der Waals surface area (Å²) < 4.78 is 2.46. The van der Waals surface area contributed by atoms with Crippen molar-refractivity contribution in [3.8, 4) is 27.9 Å². The van der Waals surface area contributed by atoms with Gasteiger partial charge in [0, 0.05) is 33.0 Å². The molecule has 1 N–H and O–H groups in total. The number of aromatic nitrogens is 1. The second-order valence-electron chi connectivity index (χ2n) is 15.5. The molecular weight excluding hydrogens is 681 g/mol. The van der Waals surface area contributed by atoms with Gasteiger partial charge in [0.05, 0.1) is 11.0 Å². The molecule has 1 aliphatic heterocycles. The Morgan fingerprint density at radius 2 is 1.18 bits per heavy atom. The summed E-state index contributed by atoms with van der Waals surface area (Å²) in [6, 6.07) is 65.5. The smallest absolute Gasteiger partial charge is 0.159 e. The highest BCUT2D eigenvalue weighted by Crippen LogP contribution is 2.51. The van der Waals surface area contributed by atoms with Gasteiger partial charge >= 0.3 is 0 Å². The number of rotatable bonds is 5. The largest absolute Gasteiger partial charge is 0.344 e. The first-order valence-corrected chi connectivity index (χ1v) is 19.4. The molecular formula is C52H38N4. The molecule has 1 unspecified atom stereocenters. The molecule has 0 saturated heterocycles. The van der Waals surface area contributed by atoms with Crippen LogP contribution in [0.3, 0.4) is 0 Å². The van der Waals surface area contributed by atoms with E-state index in [1.807, 2.05) is 24.3 Å². The van der Waals surface area contributed by atoms with Gasteiger partial charge in [-0.05, 0) is 86.1 Å². The maximum atomic E-state index is 5.28. The van der Waals surface area contributed by atoms with Crippen molar-refractivity contribution in [2.24, 2.45) is 9.98 Å². The van der Waals surface area contributed by atoms with Crippen molar-refractivity contribution in [3.63, 3.8) is 0 Å². The predicted molar refractivity (Wildman–Crippen MR) is 233 cm³/mol. The van der Waals surface area contributed by atoms with Crippen molar-refractivity contribution in [3.05, 3.63) is 210 Å². The van der Waals surface area contributed by atoms with Crippen LogP contribution in [0.5, 0.6) is 0 Å². The second kappa shape index (κ2) is 12.5. The van der Waals surface area contributed by atoms with Gasteiger partial charge < -0.3 is 9.88 Å². The fourth-order valence-electron chi connectivity index (χ4n) is 9.07. The van der Waals surface area contributed by atoms with Gasteiger partial charge in [-0.1, -0.05) is 159 Å². The Bertz CT molecular complexity index is 3070. The average Bonchev–Trinajstić information content (AvgIpc) is 3.70. The van der Waals surface area contributed by atoms with Crippen molar-refractivity contribution in [1.82, 2.24) is 9.88 Å². The summed E-state index contributed by atoms with van der Waals surface area (Å²) in [5, 5.41) is 8.67. The molecule has 0 bridgehead atoms. The fourth-order valence-corrected chi connectivity index (χ4v) is 9.07. The zero-order chi connectivity index (χ0) is 37.4. The Kier molecular flexibility index (Phi) is 7.23. The van der Waals surface area contributed by atoms with Crippen LogP contribution in [-0.2, 0) is 5.41 Å². The van der Waals surface area contributed by atoms with Gasteiger partial charge in [-0.25, -0.2) is 9.98 Å². The van der Waals surface area contributed by atoms with Gasteiger partial charge in [0.15, 0.2) is 5.84 Å². The lowest BCUT2D eigenvalue weighted by Crippen LogP contribution is -2.33. The molecule has 0 spiro atoms. The van der Waals surface area contributed by atoms with Crippen LogP contribution in [0.4, 0.5) is 0 Å². The van der Waals surface area contributed by atoms with Crippen LogP contribution >= 0.6 is 0 Å². The summed E-state index contributed by atoms with van der Waals surface area (Å²) in [6.45, 7) is 4.72. The number of amidine groups is 2. The molecule has 1 aromatic heterocycles. The third-order valence-electron chi connectivity index (χ3n) is 11.8. The van der Waals surface area contributed by atoms with Crippen LogP contribution in [0.25, 0.3) is 60.5 Å². The molecule has 4 heteroatoms. The normalized spacial score (nSPS) is 15.6. The summed E-state index contributed by atoms with van der Waals surface area (Å²) in [7, 11) is 0. The van der Waals surface area contributed by atoms with E-state index in [1.54, 1.807) is 0 Å². The third kappa shape index (κ3) is 5.06. The molecule has 2 heterocycles. The number of fused-ring (bicyclic) bond motifs is 7. The van der Waals surface area contributed by atoms with Crippen molar-refractivity contribution in [1.29, 1.82) is 0 Å². The SMILES string of the molecule is CC1(C)c2ccccc2-c2cc3c4ccccc4n(-c4cc(C5=NC(c6ccccc6)=NC(c6ccccc6)N5)cc(-c5cccc6ccccc56)c4)c3cc21. The molecule has 1 aliphatic carbocycles. The van der Waals surface area contributed by atoms with Crippen molar-refractivity contribution < 1.29 is 0 Å². The van der Waals surface area contributed by atoms with Crippen LogP contribution < -0.4 is 5.32 Å². The van der Waals surface area contributed by atoms with Crippen molar-refractivity contribution in [2.45, 2.75) is 25.4 Å². The summed E-state index contributed by atoms with van der Waals surface area (Å²) in [5.41, 5.74) is 14.1. The average molecular weight is 719 g/mol. The van der Waals surface area contributed by atoms with Gasteiger partial charge in [-0.3, -0.25) is 0 Å². The third-order valence-corrected chi connectivity index (χ3v) is 11.8. The van der Waals surface area contributed by atoms with E-state index in [-0.39, 0.29) is 11.6 Å². The molecule has 2 aliphatic rings. The van der Waals surface area contributed by atoms with Gasteiger partial charge in [-0.15, -0.1) is 0 Å². The van der Waals surface area contributed by atoms with Crippen molar-refractivity contribution >= 4 is 44.2 Å². The van der Waals surface area contributed by atoms with Crippen molar-refractivity contribution in [2.75, 3.05) is 0 Å². The molecule has 8 aromatic carbocycles. The van der Waals surface area contributed by atoms with E-state index in [4.69, 9.17) is 9.98 Å². The monoisotopic (exact) mass is 718 g/mol. The lowest BCUT2D eigenvalue weighted by atomic mass is 9.82. The Labute approximate surface area is 326 Å². The number of hydrogen-bond acceptors (Lipinski definition) is 3. The number of nitrogens with zero attached hydrogens (tertiary/aromatic N) is 3. The Balaban J connectivity index is 1.19. The lowest BCUT2D eigenvalue weighted by molar-refractivity contribution is 0.661. The Morgan fingerprint density at radius 3 is 2.04 bits per heavy atom. The molecule has 0 saturated carbocycles. The Hall–Kier alpha value is -7.04. The van der Waals surface area contributed by atoms with E-state index >= 15 is 0 Å². The van der Waals surface area contributed by atoms with E-state index in [9.17, 15) is 0 Å². The zero-order valence-corrected chi connectivity index (χ0v) is 31.2. The molecule has 11 rings (SSSR count). The maximum absolute atomic E-state index is 5.28. The van der Waals surface area contributed by atoms with Gasteiger partial charge in [0.1, 0.15) is 12.0 Å². The molecule has 0 fully saturated rings. The molecule has 9 aromatic rings. The number of aliphatic imine (C=N–C) groups is 2. The van der Waals surface area contributed by atoms with Crippen LogP contribution in [0.2, 0.25) is 0 Å². The van der Waals surface area contributed by atoms with E-state index < -0.39 is 0 Å². The molecule has 0 radical (unpaired) electrons. The minimum absolute atomic E-state index is 0.127. The molecule has 4 nitrogen and oxygen atoms in total. The zero-order valence-electron chi connectivity index (χ0n) is 31.2. The maximum Gasteiger partial charge on any atom is 0.159 e. The summed E-state index contributed by atoms with van der Waals surface area (Å²) in [5.74, 6) is 1.49. The van der Waals surface area contributed by atoms with Gasteiger partial charge in [0.25, 0.3) is 0 Å². The van der Waals surface area contributed by atoms with Crippen LogP contribution in [0.1, 0.15) is 47.8 Å². The summed E-state index contributed by atoms with van der Waals surface area (Å²) in [4.78, 5) is 10.4. The molecule has 56 heavy (non-hydrogen) atoms. The number of hydrogen-bond donors (Lipinski definition) is 1. The highest BCUT2D eigenvalue weighted by molar-refractivity contribution is 6.15. The summed E-state index contributed by atoms with van der Waals surface area (Å²) in [6.07, 6.45) is -0.303. The topological polar surface area (TPSA) is 41.7 Å². The number of benzene rings is 8.